The van der Waals surface area contributed by atoms with Gasteiger partial charge < -0.3 is 9.84 Å². The van der Waals surface area contributed by atoms with Gasteiger partial charge >= 0.3 is 5.97 Å². The Labute approximate surface area is 56.6 Å². The number of carboxylic acid groups (broad SMARTS) is 1. The molecule has 54 valence electrons. The minimum absolute atomic E-state index is 0.334. The number of carbonyl (C=O) groups is 1. The fraction of sp³-hybridized carbons (Fsp3) is 0.200. The zero-order chi connectivity index (χ0) is 7.40. The number of nitrogens with one attached hydrogen (secondary N) is 1. The number of aromatic amines is 1. The van der Waals surface area contributed by atoms with E-state index in [2.05, 4.69) is 10.2 Å². The smallest absolute Gasteiger partial charge is 0.341 e. The number of carboxylic acids is 1. The van der Waals surface area contributed by atoms with Crippen LogP contribution in [0.4, 0.5) is 0 Å². The second-order valence-electron chi connectivity index (χ2n) is 1.62. The molecular weight excluding hydrogens is 136 g/mol. The molecule has 0 atom stereocenters. The third kappa shape index (κ3) is 1.77. The lowest BCUT2D eigenvalue weighted by Crippen LogP contribution is -2.08. The summed E-state index contributed by atoms with van der Waals surface area (Å²) in [5, 5.41) is 14.2. The van der Waals surface area contributed by atoms with Crippen LogP contribution in [0.5, 0.6) is 5.75 Å². The molecule has 0 aliphatic heterocycles. The summed E-state index contributed by atoms with van der Waals surface area (Å²) in [6.07, 6.45) is 2.88. The minimum atomic E-state index is -0.999. The van der Waals surface area contributed by atoms with Crippen LogP contribution in [-0.4, -0.2) is 27.9 Å². The first-order valence-electron chi connectivity index (χ1n) is 2.62. The molecule has 0 aromatic carbocycles. The third-order valence-electron chi connectivity index (χ3n) is 0.835. The number of aromatic nitrogens is 2. The molecule has 5 nitrogen and oxygen atoms in total. The van der Waals surface area contributed by atoms with E-state index in [1.807, 2.05) is 0 Å². The summed E-state index contributed by atoms with van der Waals surface area (Å²) in [6, 6.07) is 0. The average molecular weight is 142 g/mol. The molecule has 0 spiro atoms. The number of ether oxygens (including phenoxy) is 1. The van der Waals surface area contributed by atoms with Gasteiger partial charge in [0, 0.05) is 0 Å². The van der Waals surface area contributed by atoms with Crippen LogP contribution in [0.25, 0.3) is 0 Å². The Hall–Kier alpha value is -1.52. The number of rotatable bonds is 3. The topological polar surface area (TPSA) is 75.2 Å². The Morgan fingerprint density at radius 2 is 2.70 bits per heavy atom. The maximum Gasteiger partial charge on any atom is 0.341 e. The van der Waals surface area contributed by atoms with Crippen molar-refractivity contribution in [1.29, 1.82) is 0 Å². The number of nitrogens with zero attached hydrogens (tertiary/aromatic N) is 1. The largest absolute Gasteiger partial charge is 0.479 e. The Bertz CT molecular complexity index is 207. The van der Waals surface area contributed by atoms with E-state index in [9.17, 15) is 4.79 Å². The highest BCUT2D eigenvalue weighted by molar-refractivity contribution is 5.68. The zero-order valence-electron chi connectivity index (χ0n) is 5.07. The van der Waals surface area contributed by atoms with E-state index in [1.54, 1.807) is 0 Å². The lowest BCUT2D eigenvalue weighted by molar-refractivity contribution is -0.139. The summed E-state index contributed by atoms with van der Waals surface area (Å²) in [6.45, 7) is -0.334. The van der Waals surface area contributed by atoms with Crippen LogP contribution in [-0.2, 0) is 4.79 Å². The summed E-state index contributed by atoms with van der Waals surface area (Å²) in [5.41, 5.74) is 0. The molecule has 2 N–H and O–H groups in total. The fourth-order valence-corrected chi connectivity index (χ4v) is 0.463. The van der Waals surface area contributed by atoms with Gasteiger partial charge in [-0.25, -0.2) is 4.79 Å². The number of hydrogen-bond acceptors (Lipinski definition) is 3. The maximum atomic E-state index is 9.94. The van der Waals surface area contributed by atoms with Crippen molar-refractivity contribution in [1.82, 2.24) is 10.2 Å². The molecule has 1 heterocycles. The van der Waals surface area contributed by atoms with Gasteiger partial charge in [-0.2, -0.15) is 5.10 Å². The minimum Gasteiger partial charge on any atom is -0.479 e. The predicted octanol–water partition coefficient (Wildman–Crippen LogP) is -0.127. The summed E-state index contributed by atoms with van der Waals surface area (Å²) < 4.78 is 4.71. The van der Waals surface area contributed by atoms with Crippen LogP contribution in [0, 0.1) is 0 Å². The Morgan fingerprint density at radius 1 is 1.90 bits per heavy atom. The highest BCUT2D eigenvalue weighted by atomic mass is 16.5. The Morgan fingerprint density at radius 3 is 3.20 bits per heavy atom. The first kappa shape index (κ1) is 6.60. The maximum absolute atomic E-state index is 9.94. The van der Waals surface area contributed by atoms with E-state index in [0.29, 0.717) is 5.75 Å². The van der Waals surface area contributed by atoms with E-state index in [0.717, 1.165) is 0 Å². The van der Waals surface area contributed by atoms with E-state index < -0.39 is 5.97 Å². The summed E-state index contributed by atoms with van der Waals surface area (Å²) >= 11 is 0. The highest BCUT2D eigenvalue weighted by Crippen LogP contribution is 2.03. The number of hydrogen-bond donors (Lipinski definition) is 2. The molecule has 0 fully saturated rings. The van der Waals surface area contributed by atoms with Crippen LogP contribution < -0.4 is 4.74 Å². The van der Waals surface area contributed by atoms with Gasteiger partial charge in [-0.1, -0.05) is 0 Å². The van der Waals surface area contributed by atoms with Crippen LogP contribution >= 0.6 is 0 Å². The van der Waals surface area contributed by atoms with Gasteiger partial charge in [-0.05, 0) is 0 Å². The number of H-pyrrole nitrogens is 1. The van der Waals surface area contributed by atoms with Gasteiger partial charge in [0.1, 0.15) is 0 Å². The van der Waals surface area contributed by atoms with Gasteiger partial charge in [-0.3, -0.25) is 5.10 Å². The molecule has 0 aliphatic carbocycles. The fourth-order valence-electron chi connectivity index (χ4n) is 0.463. The quantitative estimate of drug-likeness (QED) is 0.616. The van der Waals surface area contributed by atoms with Crippen LogP contribution in [0.2, 0.25) is 0 Å². The molecule has 0 amide bonds. The van der Waals surface area contributed by atoms with Crippen LogP contribution in [0.3, 0.4) is 0 Å². The molecule has 5 heteroatoms. The van der Waals surface area contributed by atoms with Gasteiger partial charge in [0.25, 0.3) is 0 Å². The van der Waals surface area contributed by atoms with Crippen molar-refractivity contribution in [3.05, 3.63) is 12.4 Å². The van der Waals surface area contributed by atoms with Crippen LogP contribution in [0.15, 0.2) is 12.4 Å². The van der Waals surface area contributed by atoms with Crippen molar-refractivity contribution in [2.75, 3.05) is 6.61 Å². The first-order chi connectivity index (χ1) is 4.79. The van der Waals surface area contributed by atoms with E-state index in [1.165, 1.54) is 12.4 Å². The third-order valence-corrected chi connectivity index (χ3v) is 0.835. The summed E-state index contributed by atoms with van der Waals surface area (Å²) in [5.74, 6) is -0.566. The summed E-state index contributed by atoms with van der Waals surface area (Å²) in [7, 11) is 0. The molecule has 1 aromatic rings. The van der Waals surface area contributed by atoms with E-state index in [-0.39, 0.29) is 6.61 Å². The van der Waals surface area contributed by atoms with Crippen molar-refractivity contribution in [2.45, 2.75) is 0 Å². The molecule has 1 rings (SSSR count). The average Bonchev–Trinajstić information content (AvgIpc) is 2.34. The summed E-state index contributed by atoms with van der Waals surface area (Å²) in [4.78, 5) is 9.94. The van der Waals surface area contributed by atoms with Crippen molar-refractivity contribution >= 4 is 5.97 Å². The second-order valence-corrected chi connectivity index (χ2v) is 1.62. The molecule has 0 bridgehead atoms. The molecular formula is C5H6N2O3. The first-order valence-corrected chi connectivity index (χ1v) is 2.62. The SMILES string of the molecule is O=C(O)COc1cn[nH]c1. The second kappa shape index (κ2) is 2.86. The van der Waals surface area contributed by atoms with Crippen molar-refractivity contribution in [3.63, 3.8) is 0 Å². The molecule has 0 unspecified atom stereocenters. The van der Waals surface area contributed by atoms with Gasteiger partial charge in [0.2, 0.25) is 0 Å². The van der Waals surface area contributed by atoms with E-state index in [4.69, 9.17) is 9.84 Å². The number of aliphatic carboxylic acids is 1. The van der Waals surface area contributed by atoms with Crippen molar-refractivity contribution < 1.29 is 14.6 Å². The molecule has 0 radical (unpaired) electrons. The molecule has 1 aromatic heterocycles. The molecule has 0 saturated heterocycles. The molecule has 10 heavy (non-hydrogen) atoms. The Kier molecular flexibility index (Phi) is 1.89. The normalized spacial score (nSPS) is 9.20. The zero-order valence-corrected chi connectivity index (χ0v) is 5.07. The molecule has 0 aliphatic rings. The molecule has 0 saturated carbocycles. The monoisotopic (exact) mass is 142 g/mol. The standard InChI is InChI=1S/C5H6N2O3/c8-5(9)3-10-4-1-6-7-2-4/h1-2H,3H2,(H,6,7)(H,8,9). The van der Waals surface area contributed by atoms with Gasteiger partial charge in [-0.15, -0.1) is 0 Å². The van der Waals surface area contributed by atoms with Crippen LogP contribution in [0.1, 0.15) is 0 Å². The lowest BCUT2D eigenvalue weighted by atomic mass is 10.6. The lowest BCUT2D eigenvalue weighted by Gasteiger charge is -1.95. The van der Waals surface area contributed by atoms with Crippen molar-refractivity contribution in [3.8, 4) is 5.75 Å². The Balaban J connectivity index is 2.35. The van der Waals surface area contributed by atoms with E-state index >= 15 is 0 Å². The van der Waals surface area contributed by atoms with Gasteiger partial charge in [0.05, 0.1) is 12.4 Å². The van der Waals surface area contributed by atoms with Gasteiger partial charge in [0.15, 0.2) is 12.4 Å². The highest BCUT2D eigenvalue weighted by Gasteiger charge is 1.97. The van der Waals surface area contributed by atoms with Crippen molar-refractivity contribution in [2.24, 2.45) is 0 Å². The predicted molar refractivity (Wildman–Crippen MR) is 31.7 cm³/mol.